The van der Waals surface area contributed by atoms with E-state index in [1.807, 2.05) is 13.8 Å². The highest BCUT2D eigenvalue weighted by Crippen LogP contribution is 2.38. The van der Waals surface area contributed by atoms with E-state index in [0.717, 1.165) is 24.0 Å². The summed E-state index contributed by atoms with van der Waals surface area (Å²) in [6.07, 6.45) is 3.99. The summed E-state index contributed by atoms with van der Waals surface area (Å²) in [6.45, 7) is 7.90. The summed E-state index contributed by atoms with van der Waals surface area (Å²) < 4.78 is 0. The van der Waals surface area contributed by atoms with Gasteiger partial charge in [0.1, 0.15) is 6.29 Å². The maximum absolute atomic E-state index is 10.7. The predicted molar refractivity (Wildman–Crippen MR) is 54.4 cm³/mol. The Kier molecular flexibility index (Phi) is 2.89. The molecule has 0 aromatic carbocycles. The second-order valence-electron chi connectivity index (χ2n) is 4.22. The van der Waals surface area contributed by atoms with Crippen molar-refractivity contribution < 1.29 is 9.59 Å². The quantitative estimate of drug-likeness (QED) is 0.544. The fourth-order valence-electron chi connectivity index (χ4n) is 1.75. The number of allylic oxidation sites excluding steroid dienone is 3. The molecule has 1 unspecified atom stereocenters. The van der Waals surface area contributed by atoms with Crippen LogP contribution in [0, 0.1) is 11.3 Å². The SMILES string of the molecule is C=C1CC(C)(C)C(NC=O)=CC1C=O. The Morgan fingerprint density at radius 1 is 1.57 bits per heavy atom. The van der Waals surface area contributed by atoms with Crippen LogP contribution in [0.15, 0.2) is 23.9 Å². The normalized spacial score (nSPS) is 25.1. The lowest BCUT2D eigenvalue weighted by Gasteiger charge is -2.34. The summed E-state index contributed by atoms with van der Waals surface area (Å²) in [4.78, 5) is 21.1. The Morgan fingerprint density at radius 2 is 2.21 bits per heavy atom. The van der Waals surface area contributed by atoms with Gasteiger partial charge in [-0.15, -0.1) is 0 Å². The standard InChI is InChI=1S/C11H15NO2/c1-8-5-11(2,3)10(12-7-14)4-9(8)6-13/h4,6-7,9H,1,5H2,2-3H3,(H,12,14). The second-order valence-corrected chi connectivity index (χ2v) is 4.22. The van der Waals surface area contributed by atoms with Gasteiger partial charge in [-0.2, -0.15) is 0 Å². The van der Waals surface area contributed by atoms with Gasteiger partial charge in [0.05, 0.1) is 5.92 Å². The summed E-state index contributed by atoms with van der Waals surface area (Å²) in [5.41, 5.74) is 1.57. The highest BCUT2D eigenvalue weighted by Gasteiger charge is 2.31. The summed E-state index contributed by atoms with van der Waals surface area (Å²) in [6, 6.07) is 0. The summed E-state index contributed by atoms with van der Waals surface area (Å²) in [5.74, 6) is -0.259. The van der Waals surface area contributed by atoms with E-state index in [0.29, 0.717) is 6.41 Å². The van der Waals surface area contributed by atoms with Gasteiger partial charge in [0, 0.05) is 11.1 Å². The zero-order valence-corrected chi connectivity index (χ0v) is 8.54. The molecule has 1 amide bonds. The predicted octanol–water partition coefficient (Wildman–Crippen LogP) is 1.42. The van der Waals surface area contributed by atoms with Crippen LogP contribution in [0.25, 0.3) is 0 Å². The average molecular weight is 193 g/mol. The van der Waals surface area contributed by atoms with E-state index in [1.54, 1.807) is 6.08 Å². The van der Waals surface area contributed by atoms with Crippen LogP contribution in [0.5, 0.6) is 0 Å². The van der Waals surface area contributed by atoms with E-state index in [9.17, 15) is 9.59 Å². The number of amides is 1. The monoisotopic (exact) mass is 193 g/mol. The Hall–Kier alpha value is -1.38. The van der Waals surface area contributed by atoms with E-state index in [-0.39, 0.29) is 11.3 Å². The lowest BCUT2D eigenvalue weighted by atomic mass is 9.74. The molecule has 1 rings (SSSR count). The molecule has 76 valence electrons. The molecule has 1 aliphatic rings. The van der Waals surface area contributed by atoms with Crippen LogP contribution in [-0.2, 0) is 9.59 Å². The van der Waals surface area contributed by atoms with E-state index in [4.69, 9.17) is 0 Å². The molecule has 0 fully saturated rings. The fraction of sp³-hybridized carbons (Fsp3) is 0.455. The van der Waals surface area contributed by atoms with Crippen molar-refractivity contribution in [3.8, 4) is 0 Å². The fourth-order valence-corrected chi connectivity index (χ4v) is 1.75. The van der Waals surface area contributed by atoms with Crippen molar-refractivity contribution in [1.82, 2.24) is 5.32 Å². The van der Waals surface area contributed by atoms with Gasteiger partial charge in [0.2, 0.25) is 6.41 Å². The van der Waals surface area contributed by atoms with Crippen molar-refractivity contribution in [2.45, 2.75) is 20.3 Å². The highest BCUT2D eigenvalue weighted by atomic mass is 16.1. The third kappa shape index (κ3) is 1.92. The number of carbonyl (C=O) groups is 2. The third-order valence-corrected chi connectivity index (χ3v) is 2.58. The molecular weight excluding hydrogens is 178 g/mol. The Bertz CT molecular complexity index is 302. The second kappa shape index (κ2) is 3.78. The van der Waals surface area contributed by atoms with Crippen LogP contribution in [0.1, 0.15) is 20.3 Å². The van der Waals surface area contributed by atoms with Crippen LogP contribution in [-0.4, -0.2) is 12.7 Å². The van der Waals surface area contributed by atoms with Gasteiger partial charge in [-0.25, -0.2) is 0 Å². The zero-order chi connectivity index (χ0) is 10.8. The minimum absolute atomic E-state index is 0.141. The van der Waals surface area contributed by atoms with Crippen LogP contribution in [0.4, 0.5) is 0 Å². The highest BCUT2D eigenvalue weighted by molar-refractivity contribution is 5.64. The Labute approximate surface area is 83.9 Å². The lowest BCUT2D eigenvalue weighted by Crippen LogP contribution is -2.31. The summed E-state index contributed by atoms with van der Waals surface area (Å²) in [5, 5.41) is 2.64. The first-order chi connectivity index (χ1) is 6.51. The van der Waals surface area contributed by atoms with Gasteiger partial charge in [-0.1, -0.05) is 32.1 Å². The third-order valence-electron chi connectivity index (χ3n) is 2.58. The number of rotatable bonds is 3. The number of carbonyl (C=O) groups excluding carboxylic acids is 2. The van der Waals surface area contributed by atoms with Crippen molar-refractivity contribution in [2.75, 3.05) is 0 Å². The number of hydrogen-bond donors (Lipinski definition) is 1. The van der Waals surface area contributed by atoms with E-state index in [1.165, 1.54) is 0 Å². The molecule has 0 heterocycles. The Balaban J connectivity index is 3.02. The van der Waals surface area contributed by atoms with Gasteiger partial charge >= 0.3 is 0 Å². The zero-order valence-electron chi connectivity index (χ0n) is 8.54. The molecule has 0 saturated heterocycles. The first-order valence-corrected chi connectivity index (χ1v) is 4.56. The van der Waals surface area contributed by atoms with Crippen molar-refractivity contribution in [2.24, 2.45) is 11.3 Å². The van der Waals surface area contributed by atoms with Crippen molar-refractivity contribution in [3.63, 3.8) is 0 Å². The minimum Gasteiger partial charge on any atom is -0.332 e. The smallest absolute Gasteiger partial charge is 0.211 e. The molecule has 1 aliphatic carbocycles. The Morgan fingerprint density at radius 3 is 2.71 bits per heavy atom. The molecule has 0 bridgehead atoms. The molecule has 0 aliphatic heterocycles. The van der Waals surface area contributed by atoms with Gasteiger partial charge in [0.25, 0.3) is 0 Å². The maximum atomic E-state index is 10.7. The van der Waals surface area contributed by atoms with Crippen molar-refractivity contribution in [1.29, 1.82) is 0 Å². The summed E-state index contributed by atoms with van der Waals surface area (Å²) >= 11 is 0. The molecule has 1 N–H and O–H groups in total. The van der Waals surface area contributed by atoms with Gasteiger partial charge in [0.15, 0.2) is 0 Å². The molecule has 0 spiro atoms. The first kappa shape index (κ1) is 10.7. The van der Waals surface area contributed by atoms with Crippen molar-refractivity contribution in [3.05, 3.63) is 23.9 Å². The average Bonchev–Trinajstić information content (AvgIpc) is 2.09. The van der Waals surface area contributed by atoms with Crippen LogP contribution < -0.4 is 5.32 Å². The number of nitrogens with one attached hydrogen (secondary N) is 1. The largest absolute Gasteiger partial charge is 0.332 e. The molecule has 14 heavy (non-hydrogen) atoms. The van der Waals surface area contributed by atoms with E-state index >= 15 is 0 Å². The van der Waals surface area contributed by atoms with Crippen LogP contribution >= 0.6 is 0 Å². The van der Waals surface area contributed by atoms with Gasteiger partial charge in [-0.3, -0.25) is 4.79 Å². The first-order valence-electron chi connectivity index (χ1n) is 4.56. The van der Waals surface area contributed by atoms with Gasteiger partial charge < -0.3 is 10.1 Å². The minimum atomic E-state index is -0.259. The lowest BCUT2D eigenvalue weighted by molar-refractivity contribution is -0.110. The topological polar surface area (TPSA) is 46.2 Å². The van der Waals surface area contributed by atoms with Gasteiger partial charge in [-0.05, 0) is 6.42 Å². The molecule has 3 heteroatoms. The maximum Gasteiger partial charge on any atom is 0.211 e. The molecule has 0 aromatic heterocycles. The molecule has 0 saturated carbocycles. The van der Waals surface area contributed by atoms with E-state index in [2.05, 4.69) is 11.9 Å². The van der Waals surface area contributed by atoms with Crippen molar-refractivity contribution >= 4 is 12.7 Å². The van der Waals surface area contributed by atoms with Crippen LogP contribution in [0.3, 0.4) is 0 Å². The molecule has 3 nitrogen and oxygen atoms in total. The summed E-state index contributed by atoms with van der Waals surface area (Å²) in [7, 11) is 0. The molecule has 0 radical (unpaired) electrons. The molecule has 0 aromatic rings. The van der Waals surface area contributed by atoms with E-state index < -0.39 is 0 Å². The molecule has 1 atom stereocenters. The number of hydrogen-bond acceptors (Lipinski definition) is 2. The molecular formula is C11H15NO2. The van der Waals surface area contributed by atoms with Crippen LogP contribution in [0.2, 0.25) is 0 Å². The number of aldehydes is 1.